The number of aryl methyl sites for hydroxylation is 1. The molecule has 1 aliphatic rings. The summed E-state index contributed by atoms with van der Waals surface area (Å²) in [4.78, 5) is 7.17. The highest BCUT2D eigenvalue weighted by molar-refractivity contribution is 5.89. The van der Waals surface area contributed by atoms with Crippen LogP contribution in [0.4, 0.5) is 5.69 Å². The Labute approximate surface area is 204 Å². The summed E-state index contributed by atoms with van der Waals surface area (Å²) in [5.41, 5.74) is 5.70. The van der Waals surface area contributed by atoms with E-state index in [1.165, 1.54) is 5.56 Å². The molecule has 1 atom stereocenters. The molecule has 4 heterocycles. The fourth-order valence-corrected chi connectivity index (χ4v) is 4.23. The Hall–Kier alpha value is -3.46. The van der Waals surface area contributed by atoms with Crippen molar-refractivity contribution in [3.8, 4) is 17.1 Å². The van der Waals surface area contributed by atoms with Gasteiger partial charge in [-0.15, -0.1) is 0 Å². The second-order valence-electron chi connectivity index (χ2n) is 8.57. The molecular weight excluding hydrogens is 444 g/mol. The van der Waals surface area contributed by atoms with Crippen LogP contribution in [0.5, 0.6) is 0 Å². The number of methoxy groups -OCH3 is 2. The van der Waals surface area contributed by atoms with Gasteiger partial charge in [0, 0.05) is 51.2 Å². The number of aromatic nitrogens is 3. The second kappa shape index (κ2) is 10.4. The topological polar surface area (TPSA) is 74.8 Å². The van der Waals surface area contributed by atoms with E-state index in [0.29, 0.717) is 25.6 Å². The molecule has 182 valence electrons. The van der Waals surface area contributed by atoms with Gasteiger partial charge < -0.3 is 23.5 Å². The molecule has 4 aromatic rings. The normalized spacial score (nSPS) is 15.3. The van der Waals surface area contributed by atoms with Gasteiger partial charge in [0.25, 0.3) is 0 Å². The standard InChI is InChI=1S/C27H30N4O4/c1-19-5-4-6-20(15-19)23-9-10-31(29-23)26-17-25(30-11-13-34-14-12-30)27-24(28-26)16-21(35-27)7-8-22(33-3)18-32-2/h4-10,15-17,22H,11-14,18H2,1-3H3/b8-7+. The van der Waals surface area contributed by atoms with Gasteiger partial charge in [-0.2, -0.15) is 5.10 Å². The summed E-state index contributed by atoms with van der Waals surface area (Å²) in [7, 11) is 3.31. The highest BCUT2D eigenvalue weighted by Gasteiger charge is 2.20. The highest BCUT2D eigenvalue weighted by atomic mass is 16.5. The molecule has 1 saturated heterocycles. The largest absolute Gasteiger partial charge is 0.453 e. The summed E-state index contributed by atoms with van der Waals surface area (Å²) in [6, 6.07) is 14.3. The first-order chi connectivity index (χ1) is 17.1. The maximum absolute atomic E-state index is 6.25. The van der Waals surface area contributed by atoms with Crippen LogP contribution < -0.4 is 4.90 Å². The highest BCUT2D eigenvalue weighted by Crippen LogP contribution is 2.32. The van der Waals surface area contributed by atoms with Gasteiger partial charge in [-0.05, 0) is 31.2 Å². The van der Waals surface area contributed by atoms with Crippen molar-refractivity contribution in [2.24, 2.45) is 0 Å². The summed E-state index contributed by atoms with van der Waals surface area (Å²) in [5, 5.41) is 4.82. The molecule has 1 unspecified atom stereocenters. The molecule has 3 aromatic heterocycles. The molecule has 0 N–H and O–H groups in total. The van der Waals surface area contributed by atoms with Crippen LogP contribution in [0, 0.1) is 6.92 Å². The van der Waals surface area contributed by atoms with Crippen LogP contribution in [0.2, 0.25) is 0 Å². The minimum atomic E-state index is -0.153. The zero-order valence-corrected chi connectivity index (χ0v) is 20.3. The van der Waals surface area contributed by atoms with Crippen molar-refractivity contribution in [2.45, 2.75) is 13.0 Å². The third-order valence-electron chi connectivity index (χ3n) is 6.06. The van der Waals surface area contributed by atoms with Crippen LogP contribution in [0.3, 0.4) is 0 Å². The molecular formula is C27H30N4O4. The van der Waals surface area contributed by atoms with E-state index in [2.05, 4.69) is 30.0 Å². The number of hydrogen-bond acceptors (Lipinski definition) is 7. The number of furan rings is 1. The lowest BCUT2D eigenvalue weighted by Gasteiger charge is -2.28. The Kier molecular flexibility index (Phi) is 6.94. The van der Waals surface area contributed by atoms with E-state index >= 15 is 0 Å². The smallest absolute Gasteiger partial charge is 0.176 e. The molecule has 0 saturated carbocycles. The average Bonchev–Trinajstić information content (AvgIpc) is 3.54. The fraction of sp³-hybridized carbons (Fsp3) is 0.333. The summed E-state index contributed by atoms with van der Waals surface area (Å²) in [6.07, 6.45) is 5.63. The molecule has 8 nitrogen and oxygen atoms in total. The summed E-state index contributed by atoms with van der Waals surface area (Å²) in [5.74, 6) is 1.45. The number of anilines is 1. The van der Waals surface area contributed by atoms with Crippen molar-refractivity contribution in [3.63, 3.8) is 0 Å². The number of rotatable bonds is 8. The lowest BCUT2D eigenvalue weighted by Crippen LogP contribution is -2.36. The van der Waals surface area contributed by atoms with Gasteiger partial charge in [-0.1, -0.05) is 23.8 Å². The molecule has 5 rings (SSSR count). The van der Waals surface area contributed by atoms with Crippen LogP contribution >= 0.6 is 0 Å². The van der Waals surface area contributed by atoms with E-state index in [4.69, 9.17) is 28.7 Å². The SMILES string of the molecule is COCC(/C=C/c1cc2nc(-n3ccc(-c4cccc(C)c4)n3)cc(N3CCOCC3)c2o1)OC. The quantitative estimate of drug-likeness (QED) is 0.372. The lowest BCUT2D eigenvalue weighted by molar-refractivity contribution is 0.0576. The van der Waals surface area contributed by atoms with Gasteiger partial charge in [0.15, 0.2) is 11.4 Å². The van der Waals surface area contributed by atoms with Crippen LogP contribution in [-0.2, 0) is 14.2 Å². The molecule has 0 bridgehead atoms. The van der Waals surface area contributed by atoms with E-state index in [1.807, 2.05) is 47.3 Å². The second-order valence-corrected chi connectivity index (χ2v) is 8.57. The van der Waals surface area contributed by atoms with Crippen molar-refractivity contribution >= 4 is 22.9 Å². The van der Waals surface area contributed by atoms with E-state index in [1.54, 1.807) is 14.2 Å². The van der Waals surface area contributed by atoms with Crippen LogP contribution in [0.25, 0.3) is 34.3 Å². The van der Waals surface area contributed by atoms with Crippen LogP contribution in [-0.4, -0.2) is 68.0 Å². The summed E-state index contributed by atoms with van der Waals surface area (Å²) < 4.78 is 24.3. The third kappa shape index (κ3) is 5.14. The number of ether oxygens (including phenoxy) is 3. The number of benzene rings is 1. The van der Waals surface area contributed by atoms with Crippen molar-refractivity contribution in [1.29, 1.82) is 0 Å². The van der Waals surface area contributed by atoms with Gasteiger partial charge in [0.2, 0.25) is 0 Å². The monoisotopic (exact) mass is 474 g/mol. The molecule has 0 amide bonds. The summed E-state index contributed by atoms with van der Waals surface area (Å²) >= 11 is 0. The first-order valence-electron chi connectivity index (χ1n) is 11.7. The van der Waals surface area contributed by atoms with E-state index in [0.717, 1.165) is 47.0 Å². The zero-order chi connectivity index (χ0) is 24.2. The predicted octanol–water partition coefficient (Wildman–Crippen LogP) is 4.50. The number of morpholine rings is 1. The van der Waals surface area contributed by atoms with E-state index in [9.17, 15) is 0 Å². The first kappa shape index (κ1) is 23.3. The van der Waals surface area contributed by atoms with Crippen molar-refractivity contribution in [2.75, 3.05) is 52.0 Å². The zero-order valence-electron chi connectivity index (χ0n) is 20.3. The molecule has 0 aliphatic carbocycles. The molecule has 1 aliphatic heterocycles. The van der Waals surface area contributed by atoms with Gasteiger partial charge in [0.1, 0.15) is 11.3 Å². The number of pyridine rings is 1. The van der Waals surface area contributed by atoms with Gasteiger partial charge >= 0.3 is 0 Å². The minimum absolute atomic E-state index is 0.153. The van der Waals surface area contributed by atoms with Gasteiger partial charge in [-0.25, -0.2) is 9.67 Å². The number of hydrogen-bond donors (Lipinski definition) is 0. The Morgan fingerprint density at radius 2 is 1.97 bits per heavy atom. The minimum Gasteiger partial charge on any atom is -0.453 e. The van der Waals surface area contributed by atoms with E-state index in [-0.39, 0.29) is 6.10 Å². The third-order valence-corrected chi connectivity index (χ3v) is 6.06. The van der Waals surface area contributed by atoms with Gasteiger partial charge in [-0.3, -0.25) is 0 Å². The maximum Gasteiger partial charge on any atom is 0.176 e. The number of nitrogens with zero attached hydrogens (tertiary/aromatic N) is 4. The van der Waals surface area contributed by atoms with Crippen molar-refractivity contribution in [3.05, 3.63) is 66.1 Å². The molecule has 8 heteroatoms. The van der Waals surface area contributed by atoms with Gasteiger partial charge in [0.05, 0.1) is 37.3 Å². The van der Waals surface area contributed by atoms with E-state index < -0.39 is 0 Å². The molecule has 0 radical (unpaired) electrons. The predicted molar refractivity (Wildman–Crippen MR) is 136 cm³/mol. The Balaban J connectivity index is 1.54. The molecule has 1 fully saturated rings. The fourth-order valence-electron chi connectivity index (χ4n) is 4.23. The summed E-state index contributed by atoms with van der Waals surface area (Å²) in [6.45, 7) is 5.49. The molecule has 35 heavy (non-hydrogen) atoms. The van der Waals surface area contributed by atoms with Crippen molar-refractivity contribution < 1.29 is 18.6 Å². The Morgan fingerprint density at radius 1 is 1.11 bits per heavy atom. The van der Waals surface area contributed by atoms with Crippen LogP contribution in [0.1, 0.15) is 11.3 Å². The average molecular weight is 475 g/mol. The first-order valence-corrected chi connectivity index (χ1v) is 11.7. The number of fused-ring (bicyclic) bond motifs is 1. The Morgan fingerprint density at radius 3 is 2.74 bits per heavy atom. The van der Waals surface area contributed by atoms with Crippen LogP contribution in [0.15, 0.2) is 59.2 Å². The molecule has 0 spiro atoms. The maximum atomic E-state index is 6.25. The molecule has 1 aromatic carbocycles. The Bertz CT molecular complexity index is 1320. The lowest BCUT2D eigenvalue weighted by atomic mass is 10.1. The van der Waals surface area contributed by atoms with Crippen molar-refractivity contribution in [1.82, 2.24) is 14.8 Å².